The molecule has 0 unspecified atom stereocenters. The van der Waals surface area contributed by atoms with Gasteiger partial charge in [0.05, 0.1) is 21.7 Å². The van der Waals surface area contributed by atoms with E-state index in [4.69, 9.17) is 15.7 Å². The maximum absolute atomic E-state index is 12.2. The molecule has 1 amide bonds. The number of para-hydroxylation sites is 1. The van der Waals surface area contributed by atoms with E-state index in [9.17, 15) is 19.7 Å². The van der Waals surface area contributed by atoms with E-state index in [1.807, 2.05) is 6.07 Å². The number of nitriles is 1. The van der Waals surface area contributed by atoms with Crippen molar-refractivity contribution in [2.45, 2.75) is 13.0 Å². The highest BCUT2D eigenvalue weighted by Gasteiger charge is 2.23. The minimum Gasteiger partial charge on any atom is -0.449 e. The van der Waals surface area contributed by atoms with Gasteiger partial charge in [0.25, 0.3) is 11.6 Å². The van der Waals surface area contributed by atoms with E-state index in [2.05, 4.69) is 5.32 Å². The zero-order valence-corrected chi connectivity index (χ0v) is 13.6. The minimum atomic E-state index is -1.21. The summed E-state index contributed by atoms with van der Waals surface area (Å²) in [6, 6.07) is 11.6. The first kappa shape index (κ1) is 18.4. The maximum Gasteiger partial charge on any atom is 0.341 e. The number of carbonyl (C=O) groups is 2. The summed E-state index contributed by atoms with van der Waals surface area (Å²) in [6.45, 7) is 1.33. The summed E-state index contributed by atoms with van der Waals surface area (Å²) in [4.78, 5) is 34.5. The van der Waals surface area contributed by atoms with Crippen molar-refractivity contribution in [1.29, 1.82) is 5.26 Å². The Kier molecular flexibility index (Phi) is 5.49. The van der Waals surface area contributed by atoms with Gasteiger partial charge in [0.1, 0.15) is 6.07 Å². The van der Waals surface area contributed by atoms with Crippen LogP contribution in [0.15, 0.2) is 42.5 Å². The van der Waals surface area contributed by atoms with Gasteiger partial charge >= 0.3 is 5.97 Å². The van der Waals surface area contributed by atoms with Crippen molar-refractivity contribution >= 4 is 28.9 Å². The Hall–Kier alpha value is -3.93. The summed E-state index contributed by atoms with van der Waals surface area (Å²) in [5.74, 6) is -1.63. The van der Waals surface area contributed by atoms with Gasteiger partial charge in [-0.05, 0) is 25.1 Å². The molecule has 3 N–H and O–H groups in total. The number of nitrogen functional groups attached to an aromatic ring is 1. The Morgan fingerprint density at radius 1 is 1.31 bits per heavy atom. The van der Waals surface area contributed by atoms with Crippen molar-refractivity contribution in [3.8, 4) is 6.07 Å². The van der Waals surface area contributed by atoms with E-state index < -0.39 is 22.9 Å². The molecule has 132 valence electrons. The summed E-state index contributed by atoms with van der Waals surface area (Å²) in [7, 11) is 0. The lowest BCUT2D eigenvalue weighted by molar-refractivity contribution is -0.384. The van der Waals surface area contributed by atoms with Crippen LogP contribution in [0.5, 0.6) is 0 Å². The van der Waals surface area contributed by atoms with Crippen LogP contribution < -0.4 is 11.1 Å². The number of nitrogens with one attached hydrogen (secondary N) is 1. The van der Waals surface area contributed by atoms with Gasteiger partial charge in [-0.2, -0.15) is 5.26 Å². The standard InChI is InChI=1S/C17H14N4O5/c1-10(16(22)20-15-5-3-2-4-11(15)9-18)26-17(23)13-8-12(21(24)25)6-7-14(13)19/h2-8,10H,19H2,1H3,(H,20,22)/t10-/m0/s1. The number of rotatable bonds is 5. The van der Waals surface area contributed by atoms with Crippen molar-refractivity contribution in [3.05, 3.63) is 63.7 Å². The molecule has 0 aliphatic rings. The van der Waals surface area contributed by atoms with Gasteiger partial charge in [-0.3, -0.25) is 14.9 Å². The molecule has 2 rings (SSSR count). The van der Waals surface area contributed by atoms with Crippen LogP contribution in [0.25, 0.3) is 0 Å². The SMILES string of the molecule is C[C@H](OC(=O)c1cc([N+](=O)[O-])ccc1N)C(=O)Nc1ccccc1C#N. The largest absolute Gasteiger partial charge is 0.449 e. The first-order chi connectivity index (χ1) is 12.3. The third-order valence-electron chi connectivity index (χ3n) is 3.43. The molecule has 2 aromatic rings. The second-order valence-corrected chi connectivity index (χ2v) is 5.22. The van der Waals surface area contributed by atoms with Gasteiger partial charge in [-0.15, -0.1) is 0 Å². The van der Waals surface area contributed by atoms with E-state index in [1.165, 1.54) is 25.1 Å². The number of hydrogen-bond donors (Lipinski definition) is 2. The van der Waals surface area contributed by atoms with Crippen LogP contribution in [-0.4, -0.2) is 22.9 Å². The third kappa shape index (κ3) is 4.12. The van der Waals surface area contributed by atoms with Crippen molar-refractivity contribution < 1.29 is 19.2 Å². The van der Waals surface area contributed by atoms with Crippen molar-refractivity contribution in [2.75, 3.05) is 11.1 Å². The molecular formula is C17H14N4O5. The fourth-order valence-corrected chi connectivity index (χ4v) is 2.04. The molecule has 9 nitrogen and oxygen atoms in total. The lowest BCUT2D eigenvalue weighted by Crippen LogP contribution is -2.30. The summed E-state index contributed by atoms with van der Waals surface area (Å²) < 4.78 is 5.02. The maximum atomic E-state index is 12.2. The Bertz CT molecular complexity index is 920. The zero-order chi connectivity index (χ0) is 19.3. The number of nitrogens with zero attached hydrogens (tertiary/aromatic N) is 2. The fourth-order valence-electron chi connectivity index (χ4n) is 2.04. The van der Waals surface area contributed by atoms with E-state index in [0.717, 1.165) is 12.1 Å². The molecule has 0 saturated carbocycles. The van der Waals surface area contributed by atoms with Crippen LogP contribution in [0, 0.1) is 21.4 Å². The number of carbonyl (C=O) groups excluding carboxylic acids is 2. The number of nitro groups is 1. The molecule has 0 saturated heterocycles. The number of hydrogen-bond acceptors (Lipinski definition) is 7. The van der Waals surface area contributed by atoms with Crippen LogP contribution in [0.4, 0.5) is 17.1 Å². The van der Waals surface area contributed by atoms with Gasteiger partial charge in [-0.1, -0.05) is 12.1 Å². The predicted octanol–water partition coefficient (Wildman–Crippen LogP) is 2.23. The van der Waals surface area contributed by atoms with Gasteiger partial charge in [0.2, 0.25) is 0 Å². The van der Waals surface area contributed by atoms with Gasteiger partial charge in [0.15, 0.2) is 6.10 Å². The summed E-state index contributed by atoms with van der Waals surface area (Å²) in [6.07, 6.45) is -1.21. The second-order valence-electron chi connectivity index (χ2n) is 5.22. The molecule has 9 heteroatoms. The number of esters is 1. The van der Waals surface area contributed by atoms with Crippen LogP contribution >= 0.6 is 0 Å². The molecule has 0 spiro atoms. The van der Waals surface area contributed by atoms with E-state index in [0.29, 0.717) is 0 Å². The number of amides is 1. The molecule has 0 fully saturated rings. The first-order valence-corrected chi connectivity index (χ1v) is 7.38. The lowest BCUT2D eigenvalue weighted by atomic mass is 10.1. The Morgan fingerprint density at radius 2 is 2.00 bits per heavy atom. The number of non-ortho nitro benzene ring substituents is 1. The molecule has 26 heavy (non-hydrogen) atoms. The molecule has 1 atom stereocenters. The van der Waals surface area contributed by atoms with Crippen molar-refractivity contribution in [1.82, 2.24) is 0 Å². The molecule has 0 aromatic heterocycles. The van der Waals surface area contributed by atoms with Gasteiger partial charge < -0.3 is 15.8 Å². The van der Waals surface area contributed by atoms with E-state index in [-0.39, 0.29) is 28.2 Å². The van der Waals surface area contributed by atoms with Crippen LogP contribution in [0.2, 0.25) is 0 Å². The fraction of sp³-hybridized carbons (Fsp3) is 0.118. The van der Waals surface area contributed by atoms with Gasteiger partial charge in [-0.25, -0.2) is 4.79 Å². The highest BCUT2D eigenvalue weighted by molar-refractivity contribution is 6.00. The highest BCUT2D eigenvalue weighted by Crippen LogP contribution is 2.21. The minimum absolute atomic E-state index is 0.0111. The normalized spacial score (nSPS) is 11.1. The Labute approximate surface area is 148 Å². The lowest BCUT2D eigenvalue weighted by Gasteiger charge is -2.14. The van der Waals surface area contributed by atoms with E-state index >= 15 is 0 Å². The average Bonchev–Trinajstić information content (AvgIpc) is 2.62. The third-order valence-corrected chi connectivity index (χ3v) is 3.43. The van der Waals surface area contributed by atoms with E-state index in [1.54, 1.807) is 12.1 Å². The number of benzene rings is 2. The molecular weight excluding hydrogens is 340 g/mol. The monoisotopic (exact) mass is 354 g/mol. The molecule has 0 aliphatic heterocycles. The van der Waals surface area contributed by atoms with Gasteiger partial charge in [0, 0.05) is 17.8 Å². The highest BCUT2D eigenvalue weighted by atomic mass is 16.6. The second kappa shape index (κ2) is 7.76. The number of ether oxygens (including phenoxy) is 1. The smallest absolute Gasteiger partial charge is 0.341 e. The van der Waals surface area contributed by atoms with Crippen LogP contribution in [0.1, 0.15) is 22.8 Å². The molecule has 0 aliphatic carbocycles. The van der Waals surface area contributed by atoms with Crippen molar-refractivity contribution in [2.24, 2.45) is 0 Å². The number of anilines is 2. The zero-order valence-electron chi connectivity index (χ0n) is 13.6. The summed E-state index contributed by atoms with van der Waals surface area (Å²) >= 11 is 0. The Morgan fingerprint density at radius 3 is 2.65 bits per heavy atom. The van der Waals surface area contributed by atoms with Crippen LogP contribution in [0.3, 0.4) is 0 Å². The van der Waals surface area contributed by atoms with Crippen molar-refractivity contribution in [3.63, 3.8) is 0 Å². The molecule has 0 bridgehead atoms. The number of nitrogens with two attached hydrogens (primary N) is 1. The summed E-state index contributed by atoms with van der Waals surface area (Å²) in [5, 5.41) is 22.3. The molecule has 0 radical (unpaired) electrons. The molecule has 0 heterocycles. The topological polar surface area (TPSA) is 148 Å². The van der Waals surface area contributed by atoms with Crippen LogP contribution in [-0.2, 0) is 9.53 Å². The summed E-state index contributed by atoms with van der Waals surface area (Å²) in [5.41, 5.74) is 5.62. The average molecular weight is 354 g/mol. The molecule has 2 aromatic carbocycles. The quantitative estimate of drug-likeness (QED) is 0.362. The Balaban J connectivity index is 2.12. The number of nitro benzene ring substituents is 1. The first-order valence-electron chi connectivity index (χ1n) is 7.38. The predicted molar refractivity (Wildman–Crippen MR) is 92.2 cm³/mol.